The van der Waals surface area contributed by atoms with Gasteiger partial charge in [0.25, 0.3) is 0 Å². The molecule has 2 aromatic rings. The number of methoxy groups -OCH3 is 2. The molecular weight excluding hydrogens is 531 g/mol. The zero-order valence-corrected chi connectivity index (χ0v) is 20.7. The quantitative estimate of drug-likeness (QED) is 0.344. The molecule has 1 N–H and O–H groups in total. The van der Waals surface area contributed by atoms with Crippen molar-refractivity contribution in [2.24, 2.45) is 4.99 Å². The number of benzene rings is 2. The third kappa shape index (κ3) is 5.04. The summed E-state index contributed by atoms with van der Waals surface area (Å²) < 4.78 is 37.4. The Balaban J connectivity index is 1.94. The minimum atomic E-state index is -3.35. The molecule has 1 heterocycles. The van der Waals surface area contributed by atoms with E-state index in [0.717, 1.165) is 23.2 Å². The van der Waals surface area contributed by atoms with E-state index in [1.165, 1.54) is 7.11 Å². The van der Waals surface area contributed by atoms with Gasteiger partial charge >= 0.3 is 0 Å². The Morgan fingerprint density at radius 2 is 2.06 bits per heavy atom. The molecule has 2 aromatic carbocycles. The van der Waals surface area contributed by atoms with Crippen molar-refractivity contribution < 1.29 is 17.9 Å². The van der Waals surface area contributed by atoms with Gasteiger partial charge in [-0.3, -0.25) is 4.72 Å². The molecule has 0 saturated heterocycles. The minimum Gasteiger partial charge on any atom is -0.493 e. The number of fused-ring (bicyclic) bond motifs is 1. The van der Waals surface area contributed by atoms with Crippen LogP contribution in [0.1, 0.15) is 23.6 Å². The molecule has 0 fully saturated rings. The number of ether oxygens (including phenoxy) is 2. The van der Waals surface area contributed by atoms with E-state index >= 15 is 0 Å². The summed E-state index contributed by atoms with van der Waals surface area (Å²) >= 11 is 2.06. The second-order valence-corrected chi connectivity index (χ2v) is 9.91. The number of aliphatic imine (C=N–C) groups is 1. The third-order valence-corrected chi connectivity index (χ3v) is 6.62. The molecule has 0 bridgehead atoms. The molecular formula is C21H23IN4O4S. The zero-order valence-electron chi connectivity index (χ0n) is 17.7. The fourth-order valence-electron chi connectivity index (χ4n) is 3.56. The number of nitriles is 1. The van der Waals surface area contributed by atoms with Crippen LogP contribution in [0.5, 0.6) is 11.5 Å². The molecule has 0 unspecified atom stereocenters. The Hall–Kier alpha value is -2.52. The highest BCUT2D eigenvalue weighted by Gasteiger charge is 2.22. The fourth-order valence-corrected chi connectivity index (χ4v) is 5.03. The number of sulfonamides is 1. The number of hydrogen-bond donors (Lipinski definition) is 1. The summed E-state index contributed by atoms with van der Waals surface area (Å²) in [6.45, 7) is 3.17. The lowest BCUT2D eigenvalue weighted by Gasteiger charge is -2.31. The van der Waals surface area contributed by atoms with Gasteiger partial charge in [-0.1, -0.05) is 12.1 Å². The smallest absolute Gasteiger partial charge is 0.229 e. The number of rotatable bonds is 5. The van der Waals surface area contributed by atoms with Crippen LogP contribution in [0.3, 0.4) is 0 Å². The van der Waals surface area contributed by atoms with Crippen molar-refractivity contribution in [1.29, 1.82) is 5.26 Å². The Morgan fingerprint density at radius 3 is 2.68 bits per heavy atom. The molecule has 0 atom stereocenters. The number of nitrogens with one attached hydrogen (secondary N) is 1. The van der Waals surface area contributed by atoms with E-state index in [1.807, 2.05) is 19.1 Å². The lowest BCUT2D eigenvalue weighted by Crippen LogP contribution is -2.34. The van der Waals surface area contributed by atoms with Gasteiger partial charge in [-0.2, -0.15) is 5.26 Å². The van der Waals surface area contributed by atoms with Gasteiger partial charge in [0.15, 0.2) is 11.5 Å². The molecule has 8 nitrogen and oxygen atoms in total. The lowest BCUT2D eigenvalue weighted by molar-refractivity contribution is 0.353. The van der Waals surface area contributed by atoms with E-state index < -0.39 is 10.0 Å². The number of halogens is 1. The summed E-state index contributed by atoms with van der Waals surface area (Å²) in [4.78, 5) is 6.83. The van der Waals surface area contributed by atoms with Gasteiger partial charge in [-0.25, -0.2) is 13.4 Å². The van der Waals surface area contributed by atoms with Crippen molar-refractivity contribution in [3.8, 4) is 17.6 Å². The van der Waals surface area contributed by atoms with Crippen LogP contribution in [0.4, 0.5) is 11.4 Å². The average molecular weight is 554 g/mol. The largest absolute Gasteiger partial charge is 0.493 e. The van der Waals surface area contributed by atoms with E-state index in [2.05, 4.69) is 38.3 Å². The van der Waals surface area contributed by atoms with Crippen LogP contribution in [0, 0.1) is 14.9 Å². The summed E-state index contributed by atoms with van der Waals surface area (Å²) in [5.74, 6) is 1.78. The number of hydrogen-bond acceptors (Lipinski definition) is 6. The van der Waals surface area contributed by atoms with Crippen molar-refractivity contribution >= 4 is 49.8 Å². The van der Waals surface area contributed by atoms with Crippen LogP contribution in [-0.4, -0.2) is 46.2 Å². The second-order valence-electron chi connectivity index (χ2n) is 7.08. The Labute approximate surface area is 196 Å². The zero-order chi connectivity index (χ0) is 22.8. The predicted molar refractivity (Wildman–Crippen MR) is 129 cm³/mol. The molecule has 0 amide bonds. The Bertz CT molecular complexity index is 1190. The fraction of sp³-hybridized carbons (Fsp3) is 0.333. The molecule has 0 saturated carbocycles. The van der Waals surface area contributed by atoms with Gasteiger partial charge in [0.2, 0.25) is 10.0 Å². The SMILES string of the molecule is COc1cc(N=C(C)N2CCc3c(cccc3NS(C)(=O)=O)C2)c(C#N)c(I)c1OC. The topological polar surface area (TPSA) is 104 Å². The average Bonchev–Trinajstić information content (AvgIpc) is 2.72. The minimum absolute atomic E-state index is 0.426. The van der Waals surface area contributed by atoms with Crippen LogP contribution < -0.4 is 14.2 Å². The summed E-state index contributed by atoms with van der Waals surface area (Å²) in [6, 6.07) is 9.52. The molecule has 0 aromatic heterocycles. The van der Waals surface area contributed by atoms with Gasteiger partial charge in [0.05, 0.1) is 41.0 Å². The van der Waals surface area contributed by atoms with Gasteiger partial charge < -0.3 is 14.4 Å². The lowest BCUT2D eigenvalue weighted by atomic mass is 9.98. The maximum absolute atomic E-state index is 11.7. The van der Waals surface area contributed by atoms with Crippen molar-refractivity contribution in [3.05, 3.63) is 44.5 Å². The standard InChI is InChI=1S/C21H23IN4O4S/c1-13(24-18-10-19(29-2)21(30-3)20(22)16(18)11-23)26-9-8-15-14(12-26)6-5-7-17(15)25-31(4,27)28/h5-7,10,25H,8-9,12H2,1-4H3. The maximum atomic E-state index is 11.7. The van der Waals surface area contributed by atoms with Crippen LogP contribution in [0.2, 0.25) is 0 Å². The highest BCUT2D eigenvalue weighted by Crippen LogP contribution is 2.40. The summed E-state index contributed by atoms with van der Waals surface area (Å²) in [5, 5.41) is 9.67. The Morgan fingerprint density at radius 1 is 1.32 bits per heavy atom. The predicted octanol–water partition coefficient (Wildman–Crippen LogP) is 3.66. The monoisotopic (exact) mass is 554 g/mol. The Kier molecular flexibility index (Phi) is 6.96. The molecule has 31 heavy (non-hydrogen) atoms. The number of nitrogens with zero attached hydrogens (tertiary/aromatic N) is 3. The molecule has 0 aliphatic carbocycles. The van der Waals surface area contributed by atoms with Gasteiger partial charge in [-0.15, -0.1) is 0 Å². The van der Waals surface area contributed by atoms with E-state index in [-0.39, 0.29) is 0 Å². The molecule has 10 heteroatoms. The molecule has 1 aliphatic rings. The van der Waals surface area contributed by atoms with Crippen LogP contribution >= 0.6 is 22.6 Å². The van der Waals surface area contributed by atoms with Gasteiger partial charge in [-0.05, 0) is 53.1 Å². The first-order chi connectivity index (χ1) is 14.7. The normalized spacial score (nSPS) is 13.9. The summed E-state index contributed by atoms with van der Waals surface area (Å²) in [5.41, 5.74) is 3.60. The van der Waals surface area contributed by atoms with Crippen molar-refractivity contribution in [2.45, 2.75) is 19.9 Å². The molecule has 164 valence electrons. The van der Waals surface area contributed by atoms with Crippen LogP contribution in [0.15, 0.2) is 29.3 Å². The van der Waals surface area contributed by atoms with E-state index in [1.54, 1.807) is 19.2 Å². The van der Waals surface area contributed by atoms with Gasteiger partial charge in [0, 0.05) is 19.2 Å². The summed E-state index contributed by atoms with van der Waals surface area (Å²) in [7, 11) is -0.265. The first-order valence-electron chi connectivity index (χ1n) is 9.41. The first-order valence-corrected chi connectivity index (χ1v) is 12.4. The van der Waals surface area contributed by atoms with Crippen molar-refractivity contribution in [1.82, 2.24) is 4.90 Å². The number of amidine groups is 1. The van der Waals surface area contributed by atoms with Crippen molar-refractivity contribution in [3.63, 3.8) is 0 Å². The first kappa shape index (κ1) is 23.1. The molecule has 3 rings (SSSR count). The van der Waals surface area contributed by atoms with E-state index in [9.17, 15) is 13.7 Å². The maximum Gasteiger partial charge on any atom is 0.229 e. The molecule has 0 spiro atoms. The highest BCUT2D eigenvalue weighted by atomic mass is 127. The molecule has 0 radical (unpaired) electrons. The third-order valence-electron chi connectivity index (χ3n) is 5.00. The van der Waals surface area contributed by atoms with Crippen LogP contribution in [-0.2, 0) is 23.0 Å². The summed E-state index contributed by atoms with van der Waals surface area (Å²) in [6.07, 6.45) is 1.82. The van der Waals surface area contributed by atoms with E-state index in [4.69, 9.17) is 14.5 Å². The van der Waals surface area contributed by atoms with Crippen LogP contribution in [0.25, 0.3) is 0 Å². The second kappa shape index (κ2) is 9.32. The van der Waals surface area contributed by atoms with Crippen molar-refractivity contribution in [2.75, 3.05) is 31.7 Å². The number of anilines is 1. The highest BCUT2D eigenvalue weighted by molar-refractivity contribution is 14.1. The van der Waals surface area contributed by atoms with Gasteiger partial charge in [0.1, 0.15) is 11.9 Å². The van der Waals surface area contributed by atoms with E-state index in [0.29, 0.717) is 51.5 Å². The molecule has 1 aliphatic heterocycles.